The number of rotatable bonds is 4. The van der Waals surface area contributed by atoms with Crippen LogP contribution < -0.4 is 0 Å². The first kappa shape index (κ1) is 12.6. The van der Waals surface area contributed by atoms with Crippen molar-refractivity contribution in [1.82, 2.24) is 0 Å². The summed E-state index contributed by atoms with van der Waals surface area (Å²) in [5, 5.41) is 10.5. The normalized spacial score (nSPS) is 29.2. The fourth-order valence-corrected chi connectivity index (χ4v) is 2.53. The molecule has 0 spiro atoms. The Hall–Kier alpha value is -0.860. The Bertz CT molecular complexity index is 336. The van der Waals surface area contributed by atoms with Crippen LogP contribution in [0, 0.1) is 5.92 Å². The number of aliphatic hydroxyl groups is 1. The second-order valence-corrected chi connectivity index (χ2v) is 5.23. The molecule has 0 heterocycles. The van der Waals surface area contributed by atoms with Crippen molar-refractivity contribution in [3.05, 3.63) is 35.9 Å². The molecule has 2 atom stereocenters. The smallest absolute Gasteiger partial charge is 0.0905 e. The summed E-state index contributed by atoms with van der Waals surface area (Å²) in [5.41, 5.74) is 0.562. The second-order valence-electron chi connectivity index (χ2n) is 5.23. The summed E-state index contributed by atoms with van der Waals surface area (Å²) in [6.07, 6.45) is 4.35. The number of benzene rings is 1. The third kappa shape index (κ3) is 3.30. The second kappa shape index (κ2) is 5.65. The van der Waals surface area contributed by atoms with E-state index in [1.807, 2.05) is 30.3 Å². The van der Waals surface area contributed by atoms with Gasteiger partial charge in [-0.05, 0) is 24.3 Å². The highest BCUT2D eigenvalue weighted by Gasteiger charge is 2.36. The van der Waals surface area contributed by atoms with E-state index in [-0.39, 0.29) is 0 Å². The maximum absolute atomic E-state index is 10.5. The largest absolute Gasteiger partial charge is 0.387 e. The van der Waals surface area contributed by atoms with Crippen molar-refractivity contribution in [2.24, 2.45) is 5.92 Å². The van der Waals surface area contributed by atoms with Gasteiger partial charge in [0.15, 0.2) is 0 Å². The van der Waals surface area contributed by atoms with Gasteiger partial charge in [0, 0.05) is 0 Å². The van der Waals surface area contributed by atoms with E-state index in [0.717, 1.165) is 19.3 Å². The summed E-state index contributed by atoms with van der Waals surface area (Å²) in [4.78, 5) is 0. The molecule has 94 valence electrons. The third-order valence-corrected chi connectivity index (χ3v) is 3.88. The molecule has 0 aromatic heterocycles. The summed E-state index contributed by atoms with van der Waals surface area (Å²) in [7, 11) is 0. The van der Waals surface area contributed by atoms with E-state index < -0.39 is 5.60 Å². The molecular weight excluding hydrogens is 212 g/mol. The van der Waals surface area contributed by atoms with Crippen LogP contribution in [0.2, 0.25) is 0 Å². The SMILES string of the molecule is CC1CCCCC1(O)COCc1ccccc1. The van der Waals surface area contributed by atoms with E-state index in [1.54, 1.807) is 0 Å². The highest BCUT2D eigenvalue weighted by Crippen LogP contribution is 2.33. The molecule has 0 radical (unpaired) electrons. The van der Waals surface area contributed by atoms with Crippen LogP contribution in [0.15, 0.2) is 30.3 Å². The van der Waals surface area contributed by atoms with E-state index in [9.17, 15) is 5.11 Å². The maximum Gasteiger partial charge on any atom is 0.0905 e. The summed E-state index contributed by atoms with van der Waals surface area (Å²) in [6.45, 7) is 3.18. The molecule has 1 aromatic carbocycles. The molecule has 1 aliphatic carbocycles. The molecule has 2 unspecified atom stereocenters. The maximum atomic E-state index is 10.5. The molecule has 0 aliphatic heterocycles. The Kier molecular flexibility index (Phi) is 4.19. The van der Waals surface area contributed by atoms with Crippen molar-refractivity contribution in [3.63, 3.8) is 0 Å². The molecule has 17 heavy (non-hydrogen) atoms. The minimum atomic E-state index is -0.604. The van der Waals surface area contributed by atoms with Gasteiger partial charge in [-0.1, -0.05) is 50.1 Å². The van der Waals surface area contributed by atoms with Gasteiger partial charge in [0.05, 0.1) is 18.8 Å². The van der Waals surface area contributed by atoms with Crippen LogP contribution in [0.1, 0.15) is 38.2 Å². The first-order valence-electron chi connectivity index (χ1n) is 6.55. The summed E-state index contributed by atoms with van der Waals surface area (Å²) in [5.74, 6) is 0.354. The van der Waals surface area contributed by atoms with Crippen LogP contribution in [0.25, 0.3) is 0 Å². The Balaban J connectivity index is 1.81. The topological polar surface area (TPSA) is 29.5 Å². The van der Waals surface area contributed by atoms with Gasteiger partial charge in [0.1, 0.15) is 0 Å². The quantitative estimate of drug-likeness (QED) is 0.867. The predicted octanol–water partition coefficient (Wildman–Crippen LogP) is 3.14. The molecule has 0 amide bonds. The van der Waals surface area contributed by atoms with Crippen LogP contribution in [-0.2, 0) is 11.3 Å². The molecule has 1 aliphatic rings. The van der Waals surface area contributed by atoms with Gasteiger partial charge >= 0.3 is 0 Å². The first-order valence-corrected chi connectivity index (χ1v) is 6.55. The molecule has 0 saturated heterocycles. The van der Waals surface area contributed by atoms with Crippen molar-refractivity contribution < 1.29 is 9.84 Å². The number of hydrogen-bond acceptors (Lipinski definition) is 2. The zero-order chi connectivity index (χ0) is 12.1. The van der Waals surface area contributed by atoms with E-state index in [2.05, 4.69) is 6.92 Å². The molecule has 1 saturated carbocycles. The Labute approximate surface area is 104 Å². The fraction of sp³-hybridized carbons (Fsp3) is 0.600. The van der Waals surface area contributed by atoms with Gasteiger partial charge in [-0.3, -0.25) is 0 Å². The zero-order valence-corrected chi connectivity index (χ0v) is 10.6. The van der Waals surface area contributed by atoms with Gasteiger partial charge in [0.25, 0.3) is 0 Å². The molecular formula is C15H22O2. The van der Waals surface area contributed by atoms with Gasteiger partial charge in [-0.2, -0.15) is 0 Å². The van der Waals surface area contributed by atoms with Crippen LogP contribution in [0.5, 0.6) is 0 Å². The lowest BCUT2D eigenvalue weighted by Crippen LogP contribution is -2.43. The van der Waals surface area contributed by atoms with Crippen molar-refractivity contribution in [3.8, 4) is 0 Å². The van der Waals surface area contributed by atoms with Crippen LogP contribution in [-0.4, -0.2) is 17.3 Å². The number of hydrogen-bond donors (Lipinski definition) is 1. The van der Waals surface area contributed by atoms with Crippen molar-refractivity contribution >= 4 is 0 Å². The summed E-state index contributed by atoms with van der Waals surface area (Å²) < 4.78 is 5.68. The highest BCUT2D eigenvalue weighted by molar-refractivity contribution is 5.13. The van der Waals surface area contributed by atoms with Gasteiger partial charge in [-0.15, -0.1) is 0 Å². The van der Waals surface area contributed by atoms with Gasteiger partial charge in [-0.25, -0.2) is 0 Å². The van der Waals surface area contributed by atoms with E-state index in [0.29, 0.717) is 19.1 Å². The molecule has 0 bridgehead atoms. The highest BCUT2D eigenvalue weighted by atomic mass is 16.5. The van der Waals surface area contributed by atoms with Crippen molar-refractivity contribution in [1.29, 1.82) is 0 Å². The molecule has 1 N–H and O–H groups in total. The Morgan fingerprint density at radius 3 is 2.76 bits per heavy atom. The minimum absolute atomic E-state index is 0.354. The lowest BCUT2D eigenvalue weighted by molar-refractivity contribution is -0.104. The van der Waals surface area contributed by atoms with Crippen molar-refractivity contribution in [2.45, 2.75) is 44.8 Å². The lowest BCUT2D eigenvalue weighted by atomic mass is 9.77. The molecule has 2 nitrogen and oxygen atoms in total. The standard InChI is InChI=1S/C15H22O2/c1-13-7-5-6-10-15(13,16)12-17-11-14-8-3-2-4-9-14/h2-4,8-9,13,16H,5-7,10-12H2,1H3. The van der Waals surface area contributed by atoms with Gasteiger partial charge in [0.2, 0.25) is 0 Å². The van der Waals surface area contributed by atoms with Crippen LogP contribution in [0.4, 0.5) is 0 Å². The fourth-order valence-electron chi connectivity index (χ4n) is 2.53. The monoisotopic (exact) mass is 234 g/mol. The predicted molar refractivity (Wildman–Crippen MR) is 68.7 cm³/mol. The lowest BCUT2D eigenvalue weighted by Gasteiger charge is -2.37. The van der Waals surface area contributed by atoms with E-state index in [4.69, 9.17) is 4.74 Å². The number of ether oxygens (including phenoxy) is 1. The molecule has 1 fully saturated rings. The zero-order valence-electron chi connectivity index (χ0n) is 10.6. The first-order chi connectivity index (χ1) is 8.21. The minimum Gasteiger partial charge on any atom is -0.387 e. The molecule has 1 aromatic rings. The van der Waals surface area contributed by atoms with E-state index >= 15 is 0 Å². The van der Waals surface area contributed by atoms with Crippen LogP contribution >= 0.6 is 0 Å². The Morgan fingerprint density at radius 2 is 2.06 bits per heavy atom. The van der Waals surface area contributed by atoms with Crippen molar-refractivity contribution in [2.75, 3.05) is 6.61 Å². The third-order valence-electron chi connectivity index (χ3n) is 3.88. The van der Waals surface area contributed by atoms with Crippen LogP contribution in [0.3, 0.4) is 0 Å². The summed E-state index contributed by atoms with van der Waals surface area (Å²) >= 11 is 0. The molecule has 2 rings (SSSR count). The van der Waals surface area contributed by atoms with Gasteiger partial charge < -0.3 is 9.84 Å². The average molecular weight is 234 g/mol. The van der Waals surface area contributed by atoms with E-state index in [1.165, 1.54) is 12.0 Å². The Morgan fingerprint density at radius 1 is 1.29 bits per heavy atom. The molecule has 2 heteroatoms. The average Bonchev–Trinajstić information content (AvgIpc) is 2.35. The summed E-state index contributed by atoms with van der Waals surface area (Å²) in [6, 6.07) is 10.1.